The summed E-state index contributed by atoms with van der Waals surface area (Å²) in [6.45, 7) is -1.76. The fourth-order valence-electron chi connectivity index (χ4n) is 3.03. The smallest absolute Gasteiger partial charge is 0.424 e. The highest BCUT2D eigenvalue weighted by Gasteiger charge is 2.59. The summed E-state index contributed by atoms with van der Waals surface area (Å²) in [4.78, 5) is 19.7. The van der Waals surface area contributed by atoms with Gasteiger partial charge in [0, 0.05) is 17.3 Å². The van der Waals surface area contributed by atoms with Crippen molar-refractivity contribution in [1.29, 1.82) is 0 Å². The lowest BCUT2D eigenvalue weighted by Crippen LogP contribution is -2.60. The van der Waals surface area contributed by atoms with Crippen molar-refractivity contribution in [1.82, 2.24) is 4.98 Å². The van der Waals surface area contributed by atoms with Gasteiger partial charge in [0.15, 0.2) is 0 Å². The number of halogens is 7. The second-order valence-electron chi connectivity index (χ2n) is 7.64. The summed E-state index contributed by atoms with van der Waals surface area (Å²) in [5.74, 6) is -2.55. The molecule has 1 aromatic carbocycles. The quantitative estimate of drug-likeness (QED) is 0.530. The van der Waals surface area contributed by atoms with Crippen molar-refractivity contribution in [2.45, 2.75) is 37.8 Å². The van der Waals surface area contributed by atoms with E-state index in [9.17, 15) is 31.1 Å². The molecule has 1 aliphatic heterocycles. The minimum Gasteiger partial charge on any atom is -0.433 e. The molecule has 3 rings (SSSR count). The van der Waals surface area contributed by atoms with Crippen LogP contribution in [0.15, 0.2) is 35.5 Å². The van der Waals surface area contributed by atoms with Crippen LogP contribution in [-0.4, -0.2) is 41.9 Å². The molecule has 2 atom stereocenters. The number of pyridine rings is 1. The molecule has 3 N–H and O–H groups in total. The van der Waals surface area contributed by atoms with E-state index < -0.39 is 54.2 Å². The molecule has 0 saturated heterocycles. The summed E-state index contributed by atoms with van der Waals surface area (Å²) in [5.41, 5.74) is 0.808. The molecule has 0 bridgehead atoms. The van der Waals surface area contributed by atoms with Crippen LogP contribution in [-0.2, 0) is 10.3 Å². The van der Waals surface area contributed by atoms with E-state index in [0.29, 0.717) is 6.92 Å². The Hall–Kier alpha value is -3.26. The number of ether oxygens (including phenoxy) is 3. The first-order valence-electron chi connectivity index (χ1n) is 9.60. The van der Waals surface area contributed by atoms with Crippen LogP contribution in [0.4, 0.5) is 36.8 Å². The van der Waals surface area contributed by atoms with Gasteiger partial charge in [0.25, 0.3) is 0 Å². The molecule has 0 aliphatic carbocycles. The zero-order chi connectivity index (χ0) is 26.2. The number of aliphatic imine (C=N–C) groups is 1. The maximum absolute atomic E-state index is 14.6. The van der Waals surface area contributed by atoms with Crippen molar-refractivity contribution < 1.29 is 45.3 Å². The average molecular weight is 527 g/mol. The van der Waals surface area contributed by atoms with E-state index in [4.69, 9.17) is 26.8 Å². The number of hydrogen-bond donors (Lipinski definition) is 2. The van der Waals surface area contributed by atoms with Gasteiger partial charge in [-0.15, -0.1) is 0 Å². The third-order valence-electron chi connectivity index (χ3n) is 5.03. The van der Waals surface area contributed by atoms with Crippen LogP contribution in [0.2, 0.25) is 5.02 Å². The number of amides is 1. The lowest BCUT2D eigenvalue weighted by Gasteiger charge is -2.41. The van der Waals surface area contributed by atoms with Gasteiger partial charge < -0.3 is 19.9 Å². The van der Waals surface area contributed by atoms with E-state index in [0.717, 1.165) is 30.5 Å². The predicted molar refractivity (Wildman–Crippen MR) is 111 cm³/mol. The highest BCUT2D eigenvalue weighted by molar-refractivity contribution is 6.32. The first kappa shape index (κ1) is 26.3. The van der Waals surface area contributed by atoms with E-state index in [1.54, 1.807) is 0 Å². The monoisotopic (exact) mass is 526 g/mol. The number of anilines is 1. The number of rotatable bonds is 5. The SMILES string of the molecule is CC1(c2cc(NC(=O)Oc3ncc(OC(F)F)cc3Cl)ccc2F)COC(C)(C(F)(F)F)C(N)=N1. The molecule has 2 aromatic rings. The van der Waals surface area contributed by atoms with Gasteiger partial charge in [-0.3, -0.25) is 10.3 Å². The average Bonchev–Trinajstić information content (AvgIpc) is 2.73. The van der Waals surface area contributed by atoms with Crippen molar-refractivity contribution >= 4 is 29.2 Å². The number of benzene rings is 1. The summed E-state index contributed by atoms with van der Waals surface area (Å²) in [6, 6.07) is 4.15. The van der Waals surface area contributed by atoms with Crippen molar-refractivity contribution in [2.24, 2.45) is 10.7 Å². The molecule has 8 nitrogen and oxygen atoms in total. The molecule has 190 valence electrons. The number of nitrogens with zero attached hydrogens (tertiary/aromatic N) is 2. The zero-order valence-electron chi connectivity index (χ0n) is 17.9. The second kappa shape index (κ2) is 9.41. The lowest BCUT2D eigenvalue weighted by atomic mass is 9.89. The van der Waals surface area contributed by atoms with Gasteiger partial charge in [-0.1, -0.05) is 11.6 Å². The maximum atomic E-state index is 14.6. The van der Waals surface area contributed by atoms with Crippen LogP contribution in [0.1, 0.15) is 19.4 Å². The molecule has 35 heavy (non-hydrogen) atoms. The molecule has 1 amide bonds. The van der Waals surface area contributed by atoms with E-state index in [-0.39, 0.29) is 22.0 Å². The number of carbonyl (C=O) groups excluding carboxylic acids is 1. The van der Waals surface area contributed by atoms with Crippen LogP contribution in [0.25, 0.3) is 0 Å². The Morgan fingerprint density at radius 2 is 1.97 bits per heavy atom. The van der Waals surface area contributed by atoms with Crippen LogP contribution in [0.5, 0.6) is 11.6 Å². The second-order valence-corrected chi connectivity index (χ2v) is 8.04. The van der Waals surface area contributed by atoms with Crippen molar-refractivity contribution in [3.8, 4) is 11.6 Å². The van der Waals surface area contributed by atoms with E-state index >= 15 is 0 Å². The summed E-state index contributed by atoms with van der Waals surface area (Å²) < 4.78 is 93.1. The molecule has 2 heterocycles. The van der Waals surface area contributed by atoms with Gasteiger partial charge in [0.1, 0.15) is 28.0 Å². The molecule has 0 fully saturated rings. The zero-order valence-corrected chi connectivity index (χ0v) is 18.7. The molecule has 0 spiro atoms. The number of nitrogens with one attached hydrogen (secondary N) is 1. The van der Waals surface area contributed by atoms with Crippen molar-refractivity contribution in [2.75, 3.05) is 11.9 Å². The van der Waals surface area contributed by atoms with E-state index in [1.165, 1.54) is 6.92 Å². The fraction of sp³-hybridized carbons (Fsp3) is 0.350. The highest BCUT2D eigenvalue weighted by atomic mass is 35.5. The Morgan fingerprint density at radius 1 is 1.29 bits per heavy atom. The standard InChI is InChI=1S/C20H17ClF6N4O4/c1-18(8-33-19(2,15(28)31-18)20(25,26)27)11-5-9(3-4-13(11)22)30-17(32)35-14-12(21)6-10(7-29-14)34-16(23)24/h3-7,16H,8H2,1-2H3,(H2,28,31)(H,30,32). The Balaban J connectivity index is 1.80. The highest BCUT2D eigenvalue weighted by Crippen LogP contribution is 2.41. The number of alkyl halides is 5. The normalized spacial score (nSPS) is 22.5. The van der Waals surface area contributed by atoms with Crippen LogP contribution in [0, 0.1) is 5.82 Å². The van der Waals surface area contributed by atoms with Crippen LogP contribution < -0.4 is 20.5 Å². The van der Waals surface area contributed by atoms with Gasteiger partial charge in [-0.2, -0.15) is 22.0 Å². The fourth-order valence-corrected chi connectivity index (χ4v) is 3.22. The molecule has 2 unspecified atom stereocenters. The Labute approximate surface area is 199 Å². The number of hydrogen-bond acceptors (Lipinski definition) is 7. The van der Waals surface area contributed by atoms with Gasteiger partial charge in [0.05, 0.1) is 12.8 Å². The Kier molecular flexibility index (Phi) is 7.09. The van der Waals surface area contributed by atoms with Crippen molar-refractivity contribution in [3.63, 3.8) is 0 Å². The van der Waals surface area contributed by atoms with Gasteiger partial charge in [-0.05, 0) is 32.0 Å². The number of nitrogens with two attached hydrogens (primary N) is 1. The lowest BCUT2D eigenvalue weighted by molar-refractivity contribution is -0.249. The molecular formula is C20H17ClF6N4O4. The van der Waals surface area contributed by atoms with Gasteiger partial charge >= 0.3 is 18.9 Å². The number of amidine groups is 1. The summed E-state index contributed by atoms with van der Waals surface area (Å²) >= 11 is 5.83. The largest absolute Gasteiger partial charge is 0.433 e. The summed E-state index contributed by atoms with van der Waals surface area (Å²) in [7, 11) is 0. The topological polar surface area (TPSA) is 108 Å². The molecule has 1 aliphatic rings. The van der Waals surface area contributed by atoms with Gasteiger partial charge in [-0.25, -0.2) is 14.2 Å². The molecular weight excluding hydrogens is 510 g/mol. The third-order valence-corrected chi connectivity index (χ3v) is 5.30. The molecule has 0 saturated carbocycles. The molecule has 1 aromatic heterocycles. The first-order valence-corrected chi connectivity index (χ1v) is 9.98. The minimum atomic E-state index is -4.85. The first-order chi connectivity index (χ1) is 16.1. The predicted octanol–water partition coefficient (Wildman–Crippen LogP) is 5.01. The Bertz CT molecular complexity index is 1160. The summed E-state index contributed by atoms with van der Waals surface area (Å²) in [5, 5.41) is 1.94. The minimum absolute atomic E-state index is 0.0284. The van der Waals surface area contributed by atoms with Crippen LogP contribution >= 0.6 is 11.6 Å². The summed E-state index contributed by atoms with van der Waals surface area (Å²) in [6.07, 6.45) is -5.15. The van der Waals surface area contributed by atoms with Gasteiger partial charge in [0.2, 0.25) is 11.5 Å². The van der Waals surface area contributed by atoms with Crippen molar-refractivity contribution in [3.05, 3.63) is 46.9 Å². The van der Waals surface area contributed by atoms with Crippen LogP contribution in [0.3, 0.4) is 0 Å². The number of aromatic nitrogens is 1. The maximum Gasteiger partial charge on any atom is 0.424 e. The van der Waals surface area contributed by atoms with E-state index in [1.807, 2.05) is 0 Å². The third kappa shape index (κ3) is 5.53. The number of carbonyl (C=O) groups is 1. The molecule has 15 heteroatoms. The Morgan fingerprint density at radius 3 is 2.54 bits per heavy atom. The van der Waals surface area contributed by atoms with E-state index in [2.05, 4.69) is 20.0 Å². The molecule has 0 radical (unpaired) electrons.